The molecule has 2 aromatic rings. The molecule has 6 nitrogen and oxygen atoms in total. The van der Waals surface area contributed by atoms with Crippen LogP contribution in [0.1, 0.15) is 28.9 Å². The number of carbonyl (C=O) groups is 1. The van der Waals surface area contributed by atoms with Gasteiger partial charge in [0.05, 0.1) is 18.1 Å². The molecule has 2 aromatic carbocycles. The molecule has 0 spiro atoms. The summed E-state index contributed by atoms with van der Waals surface area (Å²) in [6.45, 7) is 1.86. The first-order valence-corrected chi connectivity index (χ1v) is 7.58. The van der Waals surface area contributed by atoms with Gasteiger partial charge in [0.25, 0.3) is 11.6 Å². The summed E-state index contributed by atoms with van der Waals surface area (Å²) in [6.07, 6.45) is 0. The monoisotopic (exact) mass is 348 g/mol. The number of methoxy groups -OCH3 is 1. The number of hydrogen-bond acceptors (Lipinski definition) is 4. The lowest BCUT2D eigenvalue weighted by Crippen LogP contribution is -2.30. The fraction of sp³-hybridized carbons (Fsp3) is 0.235. The summed E-state index contributed by atoms with van der Waals surface area (Å²) >= 11 is 5.79. The molecule has 0 unspecified atom stereocenters. The van der Waals surface area contributed by atoms with E-state index in [0.717, 1.165) is 5.56 Å². The molecule has 0 aliphatic rings. The number of para-hydroxylation sites is 1. The van der Waals surface area contributed by atoms with Gasteiger partial charge in [-0.25, -0.2) is 0 Å². The van der Waals surface area contributed by atoms with E-state index in [4.69, 9.17) is 16.3 Å². The third-order valence-corrected chi connectivity index (χ3v) is 4.20. The Morgan fingerprint density at radius 3 is 2.58 bits per heavy atom. The van der Waals surface area contributed by atoms with Gasteiger partial charge in [-0.1, -0.05) is 29.8 Å². The van der Waals surface area contributed by atoms with E-state index in [-0.39, 0.29) is 28.2 Å². The first-order valence-electron chi connectivity index (χ1n) is 7.20. The normalized spacial score (nSPS) is 11.7. The topological polar surface area (TPSA) is 72.7 Å². The molecule has 0 saturated heterocycles. The van der Waals surface area contributed by atoms with Crippen molar-refractivity contribution in [3.63, 3.8) is 0 Å². The predicted molar refractivity (Wildman–Crippen MR) is 91.6 cm³/mol. The molecule has 126 valence electrons. The van der Waals surface area contributed by atoms with E-state index in [1.54, 1.807) is 14.2 Å². The van der Waals surface area contributed by atoms with E-state index in [1.165, 1.54) is 23.1 Å². The molecular weight excluding hydrogens is 332 g/mol. The van der Waals surface area contributed by atoms with Crippen LogP contribution in [-0.4, -0.2) is 29.9 Å². The minimum atomic E-state index is -0.608. The maximum absolute atomic E-state index is 12.7. The lowest BCUT2D eigenvalue weighted by molar-refractivity contribution is -0.384. The van der Waals surface area contributed by atoms with Crippen LogP contribution in [-0.2, 0) is 0 Å². The van der Waals surface area contributed by atoms with Crippen LogP contribution >= 0.6 is 11.6 Å². The van der Waals surface area contributed by atoms with Crippen LogP contribution in [0.3, 0.4) is 0 Å². The van der Waals surface area contributed by atoms with E-state index in [0.29, 0.717) is 5.75 Å². The standard InChI is InChI=1S/C17H17ClN2O4/c1-11(13-6-4-5-7-16(13)24-3)19(2)17(21)12-8-9-14(18)15(10-12)20(22)23/h4-11H,1-3H3/t11-/m1/s1. The lowest BCUT2D eigenvalue weighted by atomic mass is 10.0. The van der Waals surface area contributed by atoms with Crippen molar-refractivity contribution in [3.8, 4) is 5.75 Å². The van der Waals surface area contributed by atoms with E-state index in [1.807, 2.05) is 31.2 Å². The smallest absolute Gasteiger partial charge is 0.288 e. The van der Waals surface area contributed by atoms with Crippen LogP contribution in [0.25, 0.3) is 0 Å². The zero-order valence-electron chi connectivity index (χ0n) is 13.5. The van der Waals surface area contributed by atoms with Crippen molar-refractivity contribution >= 4 is 23.2 Å². The van der Waals surface area contributed by atoms with Gasteiger partial charge in [-0.15, -0.1) is 0 Å². The van der Waals surface area contributed by atoms with Crippen LogP contribution in [0, 0.1) is 10.1 Å². The molecule has 0 radical (unpaired) electrons. The van der Waals surface area contributed by atoms with Gasteiger partial charge in [-0.3, -0.25) is 14.9 Å². The van der Waals surface area contributed by atoms with E-state index >= 15 is 0 Å². The molecule has 1 atom stereocenters. The molecule has 0 aromatic heterocycles. The number of ether oxygens (including phenoxy) is 1. The Hall–Kier alpha value is -2.60. The van der Waals surface area contributed by atoms with Crippen molar-refractivity contribution in [3.05, 3.63) is 68.7 Å². The lowest BCUT2D eigenvalue weighted by Gasteiger charge is -2.26. The van der Waals surface area contributed by atoms with Crippen LogP contribution < -0.4 is 4.74 Å². The number of rotatable bonds is 5. The molecule has 0 fully saturated rings. The third kappa shape index (κ3) is 3.49. The summed E-state index contributed by atoms with van der Waals surface area (Å²) in [5.41, 5.74) is 0.760. The van der Waals surface area contributed by atoms with Gasteiger partial charge in [-0.2, -0.15) is 0 Å². The average molecular weight is 349 g/mol. The van der Waals surface area contributed by atoms with Crippen molar-refractivity contribution < 1.29 is 14.5 Å². The summed E-state index contributed by atoms with van der Waals surface area (Å²) in [4.78, 5) is 24.5. The third-order valence-electron chi connectivity index (χ3n) is 3.88. The molecule has 0 aliphatic heterocycles. The Labute approximate surface area is 144 Å². The second kappa shape index (κ2) is 7.31. The Balaban J connectivity index is 2.32. The molecule has 2 rings (SSSR count). The van der Waals surface area contributed by atoms with Gasteiger partial charge in [-0.05, 0) is 25.1 Å². The summed E-state index contributed by atoms with van der Waals surface area (Å²) in [6, 6.07) is 11.1. The number of nitro groups is 1. The Bertz CT molecular complexity index is 779. The first kappa shape index (κ1) is 17.7. The number of nitrogens with zero attached hydrogens (tertiary/aromatic N) is 2. The van der Waals surface area contributed by atoms with Crippen molar-refractivity contribution in [1.82, 2.24) is 4.90 Å². The number of carbonyl (C=O) groups excluding carboxylic acids is 1. The van der Waals surface area contributed by atoms with Gasteiger partial charge >= 0.3 is 0 Å². The van der Waals surface area contributed by atoms with Crippen molar-refractivity contribution in [1.29, 1.82) is 0 Å². The molecule has 7 heteroatoms. The van der Waals surface area contributed by atoms with Crippen LogP contribution in [0.4, 0.5) is 5.69 Å². The maximum Gasteiger partial charge on any atom is 0.288 e. The SMILES string of the molecule is COc1ccccc1[C@@H](C)N(C)C(=O)c1ccc(Cl)c([N+](=O)[O-])c1. The van der Waals surface area contributed by atoms with Gasteiger partial charge in [0.2, 0.25) is 0 Å². The zero-order chi connectivity index (χ0) is 17.9. The summed E-state index contributed by atoms with van der Waals surface area (Å²) in [7, 11) is 3.20. The number of hydrogen-bond donors (Lipinski definition) is 0. The second-order valence-corrected chi connectivity index (χ2v) is 5.66. The average Bonchev–Trinajstić information content (AvgIpc) is 2.59. The summed E-state index contributed by atoms with van der Waals surface area (Å²) in [5, 5.41) is 11.0. The van der Waals surface area contributed by atoms with Gasteiger partial charge in [0.15, 0.2) is 0 Å². The minimum absolute atomic E-state index is 0.00280. The summed E-state index contributed by atoms with van der Waals surface area (Å²) < 4.78 is 5.32. The van der Waals surface area contributed by atoms with Crippen LogP contribution in [0.2, 0.25) is 5.02 Å². The maximum atomic E-state index is 12.7. The summed E-state index contributed by atoms with van der Waals surface area (Å²) in [5.74, 6) is 0.333. The number of benzene rings is 2. The Morgan fingerprint density at radius 1 is 1.29 bits per heavy atom. The number of nitro benzene ring substituents is 1. The van der Waals surface area contributed by atoms with Crippen molar-refractivity contribution in [2.45, 2.75) is 13.0 Å². The molecule has 1 amide bonds. The molecular formula is C17H17ClN2O4. The highest BCUT2D eigenvalue weighted by Crippen LogP contribution is 2.30. The minimum Gasteiger partial charge on any atom is -0.496 e. The first-order chi connectivity index (χ1) is 11.4. The Kier molecular flexibility index (Phi) is 5.41. The molecule has 0 aliphatic carbocycles. The zero-order valence-corrected chi connectivity index (χ0v) is 14.3. The largest absolute Gasteiger partial charge is 0.496 e. The second-order valence-electron chi connectivity index (χ2n) is 5.26. The fourth-order valence-electron chi connectivity index (χ4n) is 2.39. The van der Waals surface area contributed by atoms with Crippen LogP contribution in [0.5, 0.6) is 5.75 Å². The highest BCUT2D eigenvalue weighted by molar-refractivity contribution is 6.32. The van der Waals surface area contributed by atoms with Crippen molar-refractivity contribution in [2.75, 3.05) is 14.2 Å². The molecule has 0 N–H and O–H groups in total. The van der Waals surface area contributed by atoms with Crippen LogP contribution in [0.15, 0.2) is 42.5 Å². The van der Waals surface area contributed by atoms with E-state index in [9.17, 15) is 14.9 Å². The van der Waals surface area contributed by atoms with Gasteiger partial charge in [0.1, 0.15) is 10.8 Å². The van der Waals surface area contributed by atoms with E-state index < -0.39 is 4.92 Å². The fourth-order valence-corrected chi connectivity index (χ4v) is 2.57. The van der Waals surface area contributed by atoms with E-state index in [2.05, 4.69) is 0 Å². The molecule has 24 heavy (non-hydrogen) atoms. The van der Waals surface area contributed by atoms with Gasteiger partial charge in [0, 0.05) is 24.2 Å². The predicted octanol–water partition coefficient (Wildman–Crippen LogP) is 4.09. The highest BCUT2D eigenvalue weighted by atomic mass is 35.5. The highest BCUT2D eigenvalue weighted by Gasteiger charge is 2.23. The number of amides is 1. The molecule has 0 saturated carbocycles. The van der Waals surface area contributed by atoms with Gasteiger partial charge < -0.3 is 9.64 Å². The quantitative estimate of drug-likeness (QED) is 0.602. The molecule has 0 bridgehead atoms. The molecule has 0 heterocycles. The Morgan fingerprint density at radius 2 is 1.96 bits per heavy atom. The number of halogens is 1. The van der Waals surface area contributed by atoms with Crippen molar-refractivity contribution in [2.24, 2.45) is 0 Å².